The number of ether oxygens (including phenoxy) is 1. The van der Waals surface area contributed by atoms with Crippen LogP contribution in [0.1, 0.15) is 12.8 Å². The fourth-order valence-corrected chi connectivity index (χ4v) is 2.19. The van der Waals surface area contributed by atoms with E-state index < -0.39 is 6.09 Å². The van der Waals surface area contributed by atoms with Gasteiger partial charge in [-0.3, -0.25) is 0 Å². The summed E-state index contributed by atoms with van der Waals surface area (Å²) in [4.78, 5) is 12.0. The highest BCUT2D eigenvalue weighted by atomic mass is 16.5. The van der Waals surface area contributed by atoms with Crippen LogP contribution in [0, 0.1) is 0 Å². The van der Waals surface area contributed by atoms with Crippen molar-refractivity contribution in [3.8, 4) is 0 Å². The van der Waals surface area contributed by atoms with Crippen molar-refractivity contribution >= 4 is 6.09 Å². The summed E-state index contributed by atoms with van der Waals surface area (Å²) in [7, 11) is 0. The number of amides is 1. The van der Waals surface area contributed by atoms with Gasteiger partial charge in [0.15, 0.2) is 0 Å². The molecule has 1 amide bonds. The zero-order valence-electron chi connectivity index (χ0n) is 7.40. The molecule has 1 spiro atoms. The largest absolute Gasteiger partial charge is 0.465 e. The summed E-state index contributed by atoms with van der Waals surface area (Å²) in [5, 5.41) is 8.79. The third-order valence-corrected chi connectivity index (χ3v) is 2.96. The van der Waals surface area contributed by atoms with Crippen LogP contribution in [0.25, 0.3) is 0 Å². The zero-order chi connectivity index (χ0) is 9.47. The van der Waals surface area contributed by atoms with Gasteiger partial charge in [-0.15, -0.1) is 0 Å². The molecule has 0 saturated carbocycles. The number of likely N-dealkylation sites (tertiary alicyclic amines) is 1. The Morgan fingerprint density at radius 1 is 1.69 bits per heavy atom. The van der Waals surface area contributed by atoms with Crippen LogP contribution in [0.15, 0.2) is 0 Å². The lowest BCUT2D eigenvalue weighted by molar-refractivity contribution is 0.00319. The molecule has 2 atom stereocenters. The first kappa shape index (κ1) is 8.77. The summed E-state index contributed by atoms with van der Waals surface area (Å²) in [5.41, 5.74) is 5.50. The first-order valence-corrected chi connectivity index (χ1v) is 4.51. The minimum Gasteiger partial charge on any atom is -0.465 e. The van der Waals surface area contributed by atoms with Crippen LogP contribution >= 0.6 is 0 Å². The van der Waals surface area contributed by atoms with Crippen molar-refractivity contribution in [2.24, 2.45) is 5.73 Å². The molecule has 2 heterocycles. The molecule has 2 rings (SSSR count). The Kier molecular flexibility index (Phi) is 1.92. The van der Waals surface area contributed by atoms with Crippen LogP contribution in [0.3, 0.4) is 0 Å². The number of nitrogens with zero attached hydrogens (tertiary/aromatic N) is 1. The standard InChI is InChI=1S/C8H14N2O3/c9-6-4-10(7(11)12)5-8(6)2-1-3-13-8/h6H,1-5,9H2,(H,11,12)/t6-,8?/m0/s1. The van der Waals surface area contributed by atoms with Gasteiger partial charge in [-0.05, 0) is 12.8 Å². The van der Waals surface area contributed by atoms with Crippen molar-refractivity contribution in [3.05, 3.63) is 0 Å². The van der Waals surface area contributed by atoms with E-state index in [4.69, 9.17) is 15.6 Å². The molecule has 3 N–H and O–H groups in total. The van der Waals surface area contributed by atoms with Gasteiger partial charge in [0.05, 0.1) is 12.6 Å². The zero-order valence-corrected chi connectivity index (χ0v) is 7.40. The first-order valence-electron chi connectivity index (χ1n) is 4.51. The molecular formula is C8H14N2O3. The smallest absolute Gasteiger partial charge is 0.407 e. The lowest BCUT2D eigenvalue weighted by atomic mass is 9.95. The summed E-state index contributed by atoms with van der Waals surface area (Å²) < 4.78 is 5.56. The molecule has 13 heavy (non-hydrogen) atoms. The van der Waals surface area contributed by atoms with Gasteiger partial charge < -0.3 is 20.5 Å². The predicted octanol–water partition coefficient (Wildman–Crippen LogP) is -0.144. The number of nitrogens with two attached hydrogens (primary N) is 1. The Hall–Kier alpha value is -0.810. The fraction of sp³-hybridized carbons (Fsp3) is 0.875. The Morgan fingerprint density at radius 2 is 2.46 bits per heavy atom. The first-order chi connectivity index (χ1) is 6.14. The molecule has 2 aliphatic rings. The van der Waals surface area contributed by atoms with Crippen LogP contribution in [-0.2, 0) is 4.74 Å². The second-order valence-corrected chi connectivity index (χ2v) is 3.79. The van der Waals surface area contributed by atoms with E-state index in [1.807, 2.05) is 0 Å². The van der Waals surface area contributed by atoms with Crippen molar-refractivity contribution in [1.29, 1.82) is 0 Å². The third-order valence-electron chi connectivity index (χ3n) is 2.96. The summed E-state index contributed by atoms with van der Waals surface area (Å²) in [6, 6.07) is -0.161. The maximum atomic E-state index is 10.7. The van der Waals surface area contributed by atoms with E-state index in [0.717, 1.165) is 12.8 Å². The second-order valence-electron chi connectivity index (χ2n) is 3.79. The average Bonchev–Trinajstić information content (AvgIpc) is 2.63. The maximum Gasteiger partial charge on any atom is 0.407 e. The molecule has 2 fully saturated rings. The molecule has 0 aromatic carbocycles. The lowest BCUT2D eigenvalue weighted by Crippen LogP contribution is -2.46. The highest BCUT2D eigenvalue weighted by Crippen LogP contribution is 2.33. The molecule has 0 aromatic heterocycles. The molecule has 2 saturated heterocycles. The van der Waals surface area contributed by atoms with Gasteiger partial charge in [0.25, 0.3) is 0 Å². The summed E-state index contributed by atoms with van der Waals surface area (Å²) in [5.74, 6) is 0. The van der Waals surface area contributed by atoms with E-state index in [2.05, 4.69) is 0 Å². The Balaban J connectivity index is 2.11. The molecule has 0 bridgehead atoms. The Morgan fingerprint density at radius 3 is 2.92 bits per heavy atom. The summed E-state index contributed by atoms with van der Waals surface area (Å²) >= 11 is 0. The van der Waals surface area contributed by atoms with Crippen molar-refractivity contribution in [1.82, 2.24) is 4.90 Å². The Labute approximate surface area is 76.5 Å². The quantitative estimate of drug-likeness (QED) is 0.552. The molecule has 1 unspecified atom stereocenters. The van der Waals surface area contributed by atoms with Gasteiger partial charge in [0.2, 0.25) is 0 Å². The van der Waals surface area contributed by atoms with E-state index in [1.165, 1.54) is 4.90 Å². The molecular weight excluding hydrogens is 172 g/mol. The number of rotatable bonds is 0. The van der Waals surface area contributed by atoms with Crippen LogP contribution in [0.4, 0.5) is 4.79 Å². The third kappa shape index (κ3) is 1.28. The number of carboxylic acid groups (broad SMARTS) is 1. The molecule has 0 aliphatic carbocycles. The fourth-order valence-electron chi connectivity index (χ4n) is 2.19. The minimum atomic E-state index is -0.900. The number of hydrogen-bond acceptors (Lipinski definition) is 3. The van der Waals surface area contributed by atoms with Gasteiger partial charge in [-0.1, -0.05) is 0 Å². The summed E-state index contributed by atoms with van der Waals surface area (Å²) in [6.45, 7) is 1.54. The molecule has 74 valence electrons. The van der Waals surface area contributed by atoms with Crippen molar-refractivity contribution < 1.29 is 14.6 Å². The lowest BCUT2D eigenvalue weighted by Gasteiger charge is -2.25. The van der Waals surface area contributed by atoms with Crippen molar-refractivity contribution in [3.63, 3.8) is 0 Å². The van der Waals surface area contributed by atoms with E-state index in [9.17, 15) is 4.79 Å². The van der Waals surface area contributed by atoms with Crippen LogP contribution in [0.5, 0.6) is 0 Å². The van der Waals surface area contributed by atoms with E-state index in [0.29, 0.717) is 19.7 Å². The summed E-state index contributed by atoms with van der Waals surface area (Å²) in [6.07, 6.45) is 0.974. The molecule has 2 aliphatic heterocycles. The SMILES string of the molecule is N[C@H]1CN(C(=O)O)CC12CCCO2. The average molecular weight is 186 g/mol. The number of carbonyl (C=O) groups is 1. The van der Waals surface area contributed by atoms with Crippen molar-refractivity contribution in [2.45, 2.75) is 24.5 Å². The van der Waals surface area contributed by atoms with Gasteiger partial charge in [0.1, 0.15) is 5.60 Å². The van der Waals surface area contributed by atoms with E-state index in [-0.39, 0.29) is 11.6 Å². The predicted molar refractivity (Wildman–Crippen MR) is 45.5 cm³/mol. The molecule has 5 heteroatoms. The van der Waals surface area contributed by atoms with Gasteiger partial charge >= 0.3 is 6.09 Å². The minimum absolute atomic E-state index is 0.161. The van der Waals surface area contributed by atoms with Gasteiger partial charge in [0, 0.05) is 13.2 Å². The highest BCUT2D eigenvalue weighted by Gasteiger charge is 2.49. The number of hydrogen-bond donors (Lipinski definition) is 2. The van der Waals surface area contributed by atoms with Crippen LogP contribution < -0.4 is 5.73 Å². The molecule has 5 nitrogen and oxygen atoms in total. The van der Waals surface area contributed by atoms with Gasteiger partial charge in [-0.25, -0.2) is 4.79 Å². The van der Waals surface area contributed by atoms with Gasteiger partial charge in [-0.2, -0.15) is 0 Å². The van der Waals surface area contributed by atoms with Crippen LogP contribution in [0.2, 0.25) is 0 Å². The normalized spacial score (nSPS) is 38.8. The molecule has 0 radical (unpaired) electrons. The van der Waals surface area contributed by atoms with E-state index in [1.54, 1.807) is 0 Å². The van der Waals surface area contributed by atoms with Crippen molar-refractivity contribution in [2.75, 3.05) is 19.7 Å². The van der Waals surface area contributed by atoms with Crippen LogP contribution in [-0.4, -0.2) is 47.4 Å². The van der Waals surface area contributed by atoms with E-state index >= 15 is 0 Å². The Bertz CT molecular complexity index is 225. The second kappa shape index (κ2) is 2.85. The molecule has 0 aromatic rings. The monoisotopic (exact) mass is 186 g/mol. The topological polar surface area (TPSA) is 75.8 Å². The maximum absolute atomic E-state index is 10.7. The highest BCUT2D eigenvalue weighted by molar-refractivity contribution is 5.65.